The molecule has 0 aliphatic rings. The largest absolute Gasteiger partial charge is 0.392 e. The third-order valence-electron chi connectivity index (χ3n) is 2.82. The van der Waals surface area contributed by atoms with Crippen molar-refractivity contribution in [2.24, 2.45) is 0 Å². The molecule has 1 atom stereocenters. The summed E-state index contributed by atoms with van der Waals surface area (Å²) in [6, 6.07) is 11.5. The molecule has 1 nitrogen and oxygen atoms in total. The predicted octanol–water partition coefficient (Wildman–Crippen LogP) is 4.28. The van der Waals surface area contributed by atoms with Crippen molar-refractivity contribution in [1.29, 1.82) is 0 Å². The summed E-state index contributed by atoms with van der Waals surface area (Å²) < 4.78 is 13.0. The van der Waals surface area contributed by atoms with E-state index < -0.39 is 6.10 Å². The molecule has 100 valence electrons. The van der Waals surface area contributed by atoms with Crippen molar-refractivity contribution in [2.75, 3.05) is 0 Å². The summed E-state index contributed by atoms with van der Waals surface area (Å²) in [5.41, 5.74) is 1.67. The highest BCUT2D eigenvalue weighted by atomic mass is 35.5. The molecule has 2 aromatic carbocycles. The van der Waals surface area contributed by atoms with Gasteiger partial charge in [-0.25, -0.2) is 4.39 Å². The van der Waals surface area contributed by atoms with Crippen LogP contribution in [0.15, 0.2) is 42.5 Å². The fourth-order valence-electron chi connectivity index (χ4n) is 1.95. The zero-order valence-corrected chi connectivity index (χ0v) is 11.6. The van der Waals surface area contributed by atoms with Gasteiger partial charge in [-0.3, -0.25) is 0 Å². The number of aliphatic hydroxyl groups is 1. The van der Waals surface area contributed by atoms with Gasteiger partial charge in [-0.05, 0) is 48.2 Å². The first kappa shape index (κ1) is 14.3. The number of hydrogen-bond acceptors (Lipinski definition) is 1. The van der Waals surface area contributed by atoms with Crippen LogP contribution in [0.5, 0.6) is 0 Å². The predicted molar refractivity (Wildman–Crippen MR) is 76.3 cm³/mol. The Morgan fingerprint density at radius 3 is 2.26 bits per heavy atom. The smallest absolute Gasteiger partial charge is 0.123 e. The molecular formula is C15H13Cl2FO. The summed E-state index contributed by atoms with van der Waals surface area (Å²) in [6.07, 6.45) is 0.268. The standard InChI is InChI=1S/C15H13Cl2FO/c16-14-5-4-11(9-15(14)17)8-13(19)7-10-2-1-3-12(18)6-10/h1-6,9,13,19H,7-8H2. The monoisotopic (exact) mass is 298 g/mol. The molecule has 0 aliphatic heterocycles. The van der Waals surface area contributed by atoms with Gasteiger partial charge in [0.2, 0.25) is 0 Å². The Labute approximate surface area is 121 Å². The topological polar surface area (TPSA) is 20.2 Å². The molecule has 1 N–H and O–H groups in total. The van der Waals surface area contributed by atoms with Crippen LogP contribution >= 0.6 is 23.2 Å². The number of rotatable bonds is 4. The van der Waals surface area contributed by atoms with Gasteiger partial charge in [0, 0.05) is 0 Å². The van der Waals surface area contributed by atoms with Gasteiger partial charge in [-0.2, -0.15) is 0 Å². The van der Waals surface area contributed by atoms with Crippen LogP contribution in [0.3, 0.4) is 0 Å². The van der Waals surface area contributed by atoms with E-state index in [0.29, 0.717) is 22.9 Å². The molecule has 0 heterocycles. The molecule has 0 fully saturated rings. The maximum absolute atomic E-state index is 13.0. The second-order valence-electron chi connectivity index (χ2n) is 4.44. The van der Waals surface area contributed by atoms with Crippen LogP contribution in [0.2, 0.25) is 10.0 Å². The number of aliphatic hydroxyl groups excluding tert-OH is 1. The Bertz CT molecular complexity index is 572. The molecule has 0 radical (unpaired) electrons. The van der Waals surface area contributed by atoms with Gasteiger partial charge in [0.05, 0.1) is 16.1 Å². The first-order valence-corrected chi connectivity index (χ1v) is 6.66. The zero-order valence-electron chi connectivity index (χ0n) is 10.1. The van der Waals surface area contributed by atoms with Crippen molar-refractivity contribution >= 4 is 23.2 Å². The average molecular weight is 299 g/mol. The summed E-state index contributed by atoms with van der Waals surface area (Å²) in [5, 5.41) is 11.0. The molecule has 0 saturated heterocycles. The van der Waals surface area contributed by atoms with E-state index >= 15 is 0 Å². The summed E-state index contributed by atoms with van der Waals surface area (Å²) in [6.45, 7) is 0. The third kappa shape index (κ3) is 4.20. The van der Waals surface area contributed by atoms with Crippen LogP contribution in [0.1, 0.15) is 11.1 Å². The Kier molecular flexibility index (Phi) is 4.81. The molecule has 0 spiro atoms. The van der Waals surface area contributed by atoms with E-state index in [0.717, 1.165) is 11.1 Å². The van der Waals surface area contributed by atoms with Gasteiger partial charge in [0.15, 0.2) is 0 Å². The lowest BCUT2D eigenvalue weighted by Gasteiger charge is -2.11. The summed E-state index contributed by atoms with van der Waals surface area (Å²) >= 11 is 11.7. The van der Waals surface area contributed by atoms with E-state index in [1.807, 2.05) is 6.07 Å². The molecule has 1 unspecified atom stereocenters. The van der Waals surface area contributed by atoms with E-state index in [1.54, 1.807) is 24.3 Å². The SMILES string of the molecule is OC(Cc1cccc(F)c1)Cc1ccc(Cl)c(Cl)c1. The summed E-state index contributed by atoms with van der Waals surface area (Å²) in [4.78, 5) is 0. The highest BCUT2D eigenvalue weighted by Crippen LogP contribution is 2.23. The highest BCUT2D eigenvalue weighted by molar-refractivity contribution is 6.42. The molecule has 0 bridgehead atoms. The van der Waals surface area contributed by atoms with Crippen LogP contribution in [-0.4, -0.2) is 11.2 Å². The van der Waals surface area contributed by atoms with Crippen molar-refractivity contribution in [3.63, 3.8) is 0 Å². The first-order chi connectivity index (χ1) is 9.04. The zero-order chi connectivity index (χ0) is 13.8. The molecule has 2 rings (SSSR count). The Balaban J connectivity index is 2.01. The Hall–Kier alpha value is -1.09. The minimum absolute atomic E-state index is 0.292. The summed E-state index contributed by atoms with van der Waals surface area (Å²) in [5.74, 6) is -0.292. The van der Waals surface area contributed by atoms with Gasteiger partial charge in [0.1, 0.15) is 5.82 Å². The minimum atomic E-state index is -0.584. The van der Waals surface area contributed by atoms with Crippen LogP contribution in [-0.2, 0) is 12.8 Å². The second kappa shape index (κ2) is 6.38. The van der Waals surface area contributed by atoms with E-state index in [-0.39, 0.29) is 5.82 Å². The molecule has 0 amide bonds. The van der Waals surface area contributed by atoms with Gasteiger partial charge in [-0.15, -0.1) is 0 Å². The number of hydrogen-bond donors (Lipinski definition) is 1. The van der Waals surface area contributed by atoms with Gasteiger partial charge >= 0.3 is 0 Å². The molecule has 0 saturated carbocycles. The van der Waals surface area contributed by atoms with Crippen molar-refractivity contribution in [2.45, 2.75) is 18.9 Å². The fraction of sp³-hybridized carbons (Fsp3) is 0.200. The second-order valence-corrected chi connectivity index (χ2v) is 5.25. The lowest BCUT2D eigenvalue weighted by molar-refractivity contribution is 0.175. The fourth-order valence-corrected chi connectivity index (χ4v) is 2.27. The van der Waals surface area contributed by atoms with E-state index in [9.17, 15) is 9.50 Å². The van der Waals surface area contributed by atoms with E-state index in [4.69, 9.17) is 23.2 Å². The van der Waals surface area contributed by atoms with Crippen molar-refractivity contribution in [3.8, 4) is 0 Å². The normalized spacial score (nSPS) is 12.4. The average Bonchev–Trinajstić information content (AvgIpc) is 2.34. The lowest BCUT2D eigenvalue weighted by Crippen LogP contribution is -2.14. The van der Waals surface area contributed by atoms with Crippen molar-refractivity contribution < 1.29 is 9.50 Å². The first-order valence-electron chi connectivity index (χ1n) is 5.91. The number of halogens is 3. The Morgan fingerprint density at radius 2 is 1.63 bits per heavy atom. The van der Waals surface area contributed by atoms with Crippen LogP contribution in [0.4, 0.5) is 4.39 Å². The molecule has 0 aliphatic carbocycles. The molecule has 0 aromatic heterocycles. The van der Waals surface area contributed by atoms with Crippen molar-refractivity contribution in [3.05, 3.63) is 69.5 Å². The summed E-state index contributed by atoms with van der Waals surface area (Å²) in [7, 11) is 0. The highest BCUT2D eigenvalue weighted by Gasteiger charge is 2.09. The molecule has 4 heteroatoms. The molecular weight excluding hydrogens is 286 g/mol. The van der Waals surface area contributed by atoms with Crippen LogP contribution in [0.25, 0.3) is 0 Å². The van der Waals surface area contributed by atoms with Crippen LogP contribution < -0.4 is 0 Å². The van der Waals surface area contributed by atoms with E-state index in [2.05, 4.69) is 0 Å². The molecule has 19 heavy (non-hydrogen) atoms. The quantitative estimate of drug-likeness (QED) is 0.893. The lowest BCUT2D eigenvalue weighted by atomic mass is 10.0. The third-order valence-corrected chi connectivity index (χ3v) is 3.55. The maximum Gasteiger partial charge on any atom is 0.123 e. The van der Waals surface area contributed by atoms with Gasteiger partial charge < -0.3 is 5.11 Å². The molecule has 2 aromatic rings. The van der Waals surface area contributed by atoms with Crippen LogP contribution in [0, 0.1) is 5.82 Å². The maximum atomic E-state index is 13.0. The van der Waals surface area contributed by atoms with Gasteiger partial charge in [0.25, 0.3) is 0 Å². The number of benzene rings is 2. The Morgan fingerprint density at radius 1 is 0.947 bits per heavy atom. The minimum Gasteiger partial charge on any atom is -0.392 e. The van der Waals surface area contributed by atoms with Crippen molar-refractivity contribution in [1.82, 2.24) is 0 Å². The van der Waals surface area contributed by atoms with Gasteiger partial charge in [-0.1, -0.05) is 41.4 Å². The van der Waals surface area contributed by atoms with E-state index in [1.165, 1.54) is 12.1 Å².